The molecule has 0 amide bonds. The Hall–Kier alpha value is -0.250. The third-order valence-electron chi connectivity index (χ3n) is 3.89. The molecule has 0 aromatic heterocycles. The van der Waals surface area contributed by atoms with Crippen LogP contribution in [0.2, 0.25) is 0 Å². The molecule has 0 heterocycles. The van der Waals surface area contributed by atoms with Crippen LogP contribution in [0.5, 0.6) is 5.75 Å². The van der Waals surface area contributed by atoms with Crippen molar-refractivity contribution in [2.24, 2.45) is 0 Å². The molecule has 0 aliphatic rings. The maximum absolute atomic E-state index is 10.7. The average Bonchev–Trinajstić information content (AvgIpc) is 2.33. The van der Waals surface area contributed by atoms with Gasteiger partial charge < -0.3 is 10.2 Å². The number of carbonyl (C=O) groups is 1. The molecular formula is C19H30ArO3. The van der Waals surface area contributed by atoms with Crippen molar-refractivity contribution in [3.63, 3.8) is 0 Å². The van der Waals surface area contributed by atoms with E-state index >= 15 is 0 Å². The number of aliphatic carboxylic acids is 1. The van der Waals surface area contributed by atoms with E-state index in [1.54, 1.807) is 0 Å². The second-order valence-electron chi connectivity index (χ2n) is 8.14. The van der Waals surface area contributed by atoms with Gasteiger partial charge in [-0.05, 0) is 46.8 Å². The summed E-state index contributed by atoms with van der Waals surface area (Å²) in [6, 6.07) is 4.15. The van der Waals surface area contributed by atoms with Gasteiger partial charge in [0.25, 0.3) is 0 Å². The van der Waals surface area contributed by atoms with Crippen molar-refractivity contribution in [3.8, 4) is 5.75 Å². The molecule has 1 aromatic rings. The molecule has 0 bridgehead atoms. The van der Waals surface area contributed by atoms with E-state index in [2.05, 4.69) is 53.7 Å². The van der Waals surface area contributed by atoms with E-state index in [1.807, 2.05) is 0 Å². The Balaban J connectivity index is 0.00000484. The number of carboxylic acid groups (broad SMARTS) is 1. The predicted molar refractivity (Wildman–Crippen MR) is 90.7 cm³/mol. The summed E-state index contributed by atoms with van der Waals surface area (Å²) in [4.78, 5) is 10.6. The molecule has 0 spiro atoms. The standard InChI is InChI=1S/C19H30O3.Ar/c1-18(2,3)14-11-13(9-7-8-10-16(20)21)12-15(17(14)22)19(4,5)6;/h11-12,22H,7-10H2,1-6H3,(H,20,21);. The molecule has 0 aliphatic heterocycles. The van der Waals surface area contributed by atoms with Crippen molar-refractivity contribution >= 4 is 5.97 Å². The number of carboxylic acids is 1. The number of phenolic OH excluding ortho intramolecular Hbond substituents is 1. The SMILES string of the molecule is CC(C)(C)c1cc(CCCCC(=O)O)cc(C(C)(C)C)c1O.[Ar]. The van der Waals surface area contributed by atoms with Crippen LogP contribution in [0.4, 0.5) is 0 Å². The number of unbranched alkanes of at least 4 members (excludes halogenated alkanes) is 1. The molecule has 132 valence electrons. The summed E-state index contributed by atoms with van der Waals surface area (Å²) < 4.78 is 0. The van der Waals surface area contributed by atoms with Gasteiger partial charge in [-0.15, -0.1) is 0 Å². The number of hydrogen-bond donors (Lipinski definition) is 2. The number of aryl methyl sites for hydroxylation is 1. The fraction of sp³-hybridized carbons (Fsp3) is 0.632. The first-order chi connectivity index (χ1) is 9.93. The van der Waals surface area contributed by atoms with E-state index in [0.29, 0.717) is 12.2 Å². The van der Waals surface area contributed by atoms with Gasteiger partial charge in [-0.3, -0.25) is 4.79 Å². The van der Waals surface area contributed by atoms with Gasteiger partial charge in [0.2, 0.25) is 0 Å². The quantitative estimate of drug-likeness (QED) is 0.754. The Morgan fingerprint density at radius 1 is 0.957 bits per heavy atom. The molecule has 3 nitrogen and oxygen atoms in total. The van der Waals surface area contributed by atoms with Crippen LogP contribution in [-0.4, -0.2) is 16.2 Å². The normalized spacial score (nSPS) is 11.9. The molecule has 0 atom stereocenters. The van der Waals surface area contributed by atoms with Crippen LogP contribution in [0.25, 0.3) is 0 Å². The third kappa shape index (κ3) is 7.03. The maximum Gasteiger partial charge on any atom is 0.303 e. The van der Waals surface area contributed by atoms with Gasteiger partial charge in [-0.2, -0.15) is 0 Å². The number of rotatable bonds is 5. The average molecular weight is 346 g/mol. The Morgan fingerprint density at radius 2 is 1.39 bits per heavy atom. The molecule has 0 unspecified atom stereocenters. The summed E-state index contributed by atoms with van der Waals surface area (Å²) in [5.41, 5.74) is 2.86. The topological polar surface area (TPSA) is 57.5 Å². The van der Waals surface area contributed by atoms with Crippen molar-refractivity contribution in [1.29, 1.82) is 0 Å². The molecule has 0 radical (unpaired) electrons. The van der Waals surface area contributed by atoms with Crippen LogP contribution in [0.15, 0.2) is 12.1 Å². The van der Waals surface area contributed by atoms with Crippen LogP contribution in [-0.2, 0) is 22.0 Å². The first-order valence-electron chi connectivity index (χ1n) is 8.01. The first kappa shape index (κ1) is 22.7. The number of hydrogen-bond acceptors (Lipinski definition) is 2. The third-order valence-corrected chi connectivity index (χ3v) is 3.89. The van der Waals surface area contributed by atoms with Crippen LogP contribution in [0, 0.1) is 37.7 Å². The van der Waals surface area contributed by atoms with E-state index in [-0.39, 0.29) is 55.0 Å². The van der Waals surface area contributed by atoms with Crippen LogP contribution < -0.4 is 0 Å². The Bertz CT molecular complexity index is 502. The number of aromatic hydroxyl groups is 1. The molecule has 2 N–H and O–H groups in total. The molecule has 1 rings (SSSR count). The monoisotopic (exact) mass is 346 g/mol. The van der Waals surface area contributed by atoms with E-state index in [1.165, 1.54) is 5.56 Å². The van der Waals surface area contributed by atoms with Crippen molar-refractivity contribution in [3.05, 3.63) is 28.8 Å². The predicted octanol–water partition coefficient (Wildman–Crippen LogP) is 4.78. The zero-order chi connectivity index (χ0) is 17.1. The van der Waals surface area contributed by atoms with Crippen molar-refractivity contribution < 1.29 is 52.7 Å². The second kappa shape index (κ2) is 8.73. The summed E-state index contributed by atoms with van der Waals surface area (Å²) in [5.74, 6) is -0.342. The van der Waals surface area contributed by atoms with E-state index in [0.717, 1.165) is 24.0 Å². The van der Waals surface area contributed by atoms with Crippen LogP contribution >= 0.6 is 0 Å². The van der Waals surface area contributed by atoms with E-state index < -0.39 is 5.97 Å². The van der Waals surface area contributed by atoms with Gasteiger partial charge in [0.15, 0.2) is 0 Å². The van der Waals surface area contributed by atoms with Crippen molar-refractivity contribution in [2.75, 3.05) is 0 Å². The molecular weight excluding hydrogens is 316 g/mol. The Labute approximate surface area is 170 Å². The second-order valence-corrected chi connectivity index (χ2v) is 8.14. The largest absolute Gasteiger partial charge is 0.507 e. The number of benzene rings is 1. The molecule has 0 saturated heterocycles. The molecule has 4 heteroatoms. The maximum atomic E-state index is 10.7. The Kier molecular flexibility index (Phi) is 8.64. The van der Waals surface area contributed by atoms with Crippen molar-refractivity contribution in [2.45, 2.75) is 78.1 Å². The Morgan fingerprint density at radius 3 is 1.74 bits per heavy atom. The molecule has 23 heavy (non-hydrogen) atoms. The molecule has 0 fully saturated rings. The smallest absolute Gasteiger partial charge is 0.303 e. The fourth-order valence-corrected chi connectivity index (χ4v) is 2.59. The van der Waals surface area contributed by atoms with Crippen LogP contribution in [0.3, 0.4) is 0 Å². The van der Waals surface area contributed by atoms with Gasteiger partial charge in [-0.1, -0.05) is 53.7 Å². The fourth-order valence-electron chi connectivity index (χ4n) is 2.59. The summed E-state index contributed by atoms with van der Waals surface area (Å²) in [7, 11) is 0. The van der Waals surface area contributed by atoms with Gasteiger partial charge in [0.1, 0.15) is 5.75 Å². The van der Waals surface area contributed by atoms with Gasteiger partial charge in [0, 0.05) is 44.2 Å². The van der Waals surface area contributed by atoms with E-state index in [9.17, 15) is 9.90 Å². The minimum Gasteiger partial charge on any atom is -0.507 e. The van der Waals surface area contributed by atoms with E-state index in [4.69, 9.17) is 5.11 Å². The summed E-state index contributed by atoms with van der Waals surface area (Å²) >= 11 is 0. The zero-order valence-electron chi connectivity index (χ0n) is 15.1. The minimum absolute atomic E-state index is 0. The molecule has 0 aliphatic carbocycles. The molecule has 0 saturated carbocycles. The van der Waals surface area contributed by atoms with Gasteiger partial charge in [0.05, 0.1) is 0 Å². The summed E-state index contributed by atoms with van der Waals surface area (Å²) in [6.45, 7) is 12.6. The zero-order valence-corrected chi connectivity index (χ0v) is 15.8. The summed E-state index contributed by atoms with van der Waals surface area (Å²) in [6.07, 6.45) is 2.60. The first-order valence-corrected chi connectivity index (χ1v) is 8.01. The minimum atomic E-state index is -0.739. The van der Waals surface area contributed by atoms with Gasteiger partial charge >= 0.3 is 5.97 Å². The van der Waals surface area contributed by atoms with Crippen molar-refractivity contribution in [1.82, 2.24) is 0 Å². The summed E-state index contributed by atoms with van der Waals surface area (Å²) in [5, 5.41) is 19.4. The van der Waals surface area contributed by atoms with Crippen LogP contribution in [0.1, 0.15) is 77.5 Å². The van der Waals surface area contributed by atoms with Gasteiger partial charge in [-0.25, -0.2) is 0 Å². The number of phenols is 1. The molecule has 1 aromatic carbocycles.